The highest BCUT2D eigenvalue weighted by molar-refractivity contribution is 14.1. The fourth-order valence-electron chi connectivity index (χ4n) is 3.79. The second kappa shape index (κ2) is 14.9. The summed E-state index contributed by atoms with van der Waals surface area (Å²) in [5.74, 6) is 0.818. The van der Waals surface area contributed by atoms with Crippen LogP contribution in [0.25, 0.3) is 6.08 Å². The Morgan fingerprint density at radius 1 is 1.08 bits per heavy atom. The van der Waals surface area contributed by atoms with Gasteiger partial charge in [0.2, 0.25) is 0 Å². The number of hydrogen-bond acceptors (Lipinski definition) is 4. The first-order chi connectivity index (χ1) is 18.0. The molecule has 190 valence electrons. The lowest BCUT2D eigenvalue weighted by molar-refractivity contribution is -0.117. The van der Waals surface area contributed by atoms with Crippen LogP contribution in [0.15, 0.2) is 85.0 Å². The number of amides is 1. The molecule has 0 saturated carbocycles. The molecule has 3 rings (SSSR count). The number of ether oxygens (including phenoxy) is 2. The van der Waals surface area contributed by atoms with Crippen molar-refractivity contribution in [2.75, 3.05) is 13.2 Å². The molecule has 1 amide bonds. The van der Waals surface area contributed by atoms with E-state index in [0.29, 0.717) is 43.2 Å². The Morgan fingerprint density at radius 3 is 2.51 bits per heavy atom. The lowest BCUT2D eigenvalue weighted by Crippen LogP contribution is -2.25. The lowest BCUT2D eigenvalue weighted by Gasteiger charge is -2.17. The molecule has 0 saturated heterocycles. The predicted molar refractivity (Wildman–Crippen MR) is 156 cm³/mol. The average molecular weight is 607 g/mol. The summed E-state index contributed by atoms with van der Waals surface area (Å²) in [6.07, 6.45) is 5.58. The second-order valence-corrected chi connectivity index (χ2v) is 9.61. The number of allylic oxidation sites excluding steroid dienone is 1. The molecule has 5 nitrogen and oxygen atoms in total. The fraction of sp³-hybridized carbons (Fsp3) is 0.226. The van der Waals surface area contributed by atoms with E-state index >= 15 is 0 Å². The van der Waals surface area contributed by atoms with Crippen LogP contribution in [0, 0.1) is 14.9 Å². The maximum absolute atomic E-state index is 12.7. The molecule has 37 heavy (non-hydrogen) atoms. The van der Waals surface area contributed by atoms with Gasteiger partial charge in [-0.15, -0.1) is 6.58 Å². The number of nitrogens with zero attached hydrogens (tertiary/aromatic N) is 1. The summed E-state index contributed by atoms with van der Waals surface area (Å²) < 4.78 is 13.3. The number of aryl methyl sites for hydroxylation is 1. The molecule has 0 radical (unpaired) electrons. The van der Waals surface area contributed by atoms with Gasteiger partial charge in [0.1, 0.15) is 18.2 Å². The number of nitrogens with one attached hydrogen (secondary N) is 1. The van der Waals surface area contributed by atoms with Gasteiger partial charge in [0.15, 0.2) is 11.5 Å². The van der Waals surface area contributed by atoms with Crippen molar-refractivity contribution in [3.63, 3.8) is 0 Å². The van der Waals surface area contributed by atoms with Crippen molar-refractivity contribution >= 4 is 34.6 Å². The van der Waals surface area contributed by atoms with E-state index in [4.69, 9.17) is 9.47 Å². The topological polar surface area (TPSA) is 71.4 Å². The quantitative estimate of drug-likeness (QED) is 0.0778. The summed E-state index contributed by atoms with van der Waals surface area (Å²) in [5, 5.41) is 12.5. The van der Waals surface area contributed by atoms with Gasteiger partial charge < -0.3 is 14.8 Å². The smallest absolute Gasteiger partial charge is 0.261 e. The van der Waals surface area contributed by atoms with Crippen molar-refractivity contribution in [1.82, 2.24) is 5.32 Å². The molecule has 0 fully saturated rings. The standard InChI is InChI=1S/C31H31IN2O3/c1-3-9-26-18-25(19-27(21-33)31(35)34-17-8-12-23-10-6-5-7-11-23)20-29(36-4-2)30(26)37-22-24-13-15-28(32)16-14-24/h3,5-7,10-11,13-16,18-20H,1,4,8-9,12,17,22H2,2H3,(H,34,35)/b27-19-. The Bertz CT molecular complexity index is 1260. The maximum atomic E-state index is 12.7. The van der Waals surface area contributed by atoms with Crippen LogP contribution in [0.3, 0.4) is 0 Å². The third-order valence-electron chi connectivity index (χ3n) is 5.56. The Kier molecular flexibility index (Phi) is 11.2. The van der Waals surface area contributed by atoms with Crippen LogP contribution in [0.5, 0.6) is 11.5 Å². The van der Waals surface area contributed by atoms with Gasteiger partial charge >= 0.3 is 0 Å². The highest BCUT2D eigenvalue weighted by Gasteiger charge is 2.15. The van der Waals surface area contributed by atoms with Crippen LogP contribution < -0.4 is 14.8 Å². The largest absolute Gasteiger partial charge is 0.490 e. The van der Waals surface area contributed by atoms with E-state index in [2.05, 4.69) is 46.6 Å². The number of benzene rings is 3. The first kappa shape index (κ1) is 28.0. The van der Waals surface area contributed by atoms with Crippen molar-refractivity contribution in [2.45, 2.75) is 32.8 Å². The van der Waals surface area contributed by atoms with Crippen molar-refractivity contribution in [3.05, 3.63) is 111 Å². The predicted octanol–water partition coefficient (Wildman–Crippen LogP) is 6.65. The average Bonchev–Trinajstić information content (AvgIpc) is 2.91. The molecule has 0 spiro atoms. The summed E-state index contributed by atoms with van der Waals surface area (Å²) in [5.41, 5.74) is 3.87. The molecule has 0 atom stereocenters. The zero-order chi connectivity index (χ0) is 26.5. The first-order valence-electron chi connectivity index (χ1n) is 12.3. The number of rotatable bonds is 13. The van der Waals surface area contributed by atoms with E-state index in [1.807, 2.05) is 61.5 Å². The Balaban J connectivity index is 1.76. The van der Waals surface area contributed by atoms with Crippen LogP contribution in [0.2, 0.25) is 0 Å². The van der Waals surface area contributed by atoms with E-state index in [1.54, 1.807) is 18.2 Å². The van der Waals surface area contributed by atoms with Crippen LogP contribution in [0.1, 0.15) is 35.6 Å². The molecule has 0 aliphatic heterocycles. The van der Waals surface area contributed by atoms with Crippen LogP contribution >= 0.6 is 22.6 Å². The van der Waals surface area contributed by atoms with Crippen LogP contribution in [-0.2, 0) is 24.2 Å². The number of nitriles is 1. The molecule has 0 aliphatic rings. The van der Waals surface area contributed by atoms with Gasteiger partial charge in [-0.1, -0.05) is 48.5 Å². The van der Waals surface area contributed by atoms with Gasteiger partial charge in [-0.05, 0) is 95.8 Å². The molecule has 3 aromatic carbocycles. The zero-order valence-electron chi connectivity index (χ0n) is 21.0. The van der Waals surface area contributed by atoms with Crippen molar-refractivity contribution in [2.24, 2.45) is 0 Å². The number of hydrogen-bond donors (Lipinski definition) is 1. The van der Waals surface area contributed by atoms with Gasteiger partial charge in [-0.3, -0.25) is 4.79 Å². The minimum atomic E-state index is -0.391. The lowest BCUT2D eigenvalue weighted by atomic mass is 10.0. The summed E-state index contributed by atoms with van der Waals surface area (Å²) in [4.78, 5) is 12.7. The van der Waals surface area contributed by atoms with Gasteiger partial charge in [0.25, 0.3) is 5.91 Å². The molecular weight excluding hydrogens is 575 g/mol. The Labute approximate surface area is 233 Å². The van der Waals surface area contributed by atoms with E-state index in [-0.39, 0.29) is 5.57 Å². The minimum Gasteiger partial charge on any atom is -0.490 e. The van der Waals surface area contributed by atoms with E-state index in [1.165, 1.54) is 5.56 Å². The molecule has 6 heteroatoms. The monoisotopic (exact) mass is 606 g/mol. The molecule has 0 heterocycles. The van der Waals surface area contributed by atoms with Crippen molar-refractivity contribution in [1.29, 1.82) is 5.26 Å². The molecular formula is C31H31IN2O3. The summed E-state index contributed by atoms with van der Waals surface area (Å²) in [6.45, 7) is 7.11. The minimum absolute atomic E-state index is 0.0410. The van der Waals surface area contributed by atoms with Crippen molar-refractivity contribution in [3.8, 4) is 17.6 Å². The van der Waals surface area contributed by atoms with E-state index in [9.17, 15) is 10.1 Å². The molecule has 0 unspecified atom stereocenters. The first-order valence-corrected chi connectivity index (χ1v) is 13.3. The Morgan fingerprint density at radius 2 is 1.84 bits per heavy atom. The third kappa shape index (κ3) is 8.80. The van der Waals surface area contributed by atoms with Gasteiger partial charge in [0.05, 0.1) is 6.61 Å². The third-order valence-corrected chi connectivity index (χ3v) is 6.28. The highest BCUT2D eigenvalue weighted by atomic mass is 127. The maximum Gasteiger partial charge on any atom is 0.261 e. The SMILES string of the molecule is C=CCc1cc(/C=C(/C#N)C(=O)NCCCc2ccccc2)cc(OCC)c1OCc1ccc(I)cc1. The van der Waals surface area contributed by atoms with E-state index < -0.39 is 5.91 Å². The molecule has 0 aromatic heterocycles. The van der Waals surface area contributed by atoms with E-state index in [0.717, 1.165) is 27.5 Å². The summed E-state index contributed by atoms with van der Waals surface area (Å²) in [6, 6.07) is 24.0. The zero-order valence-corrected chi connectivity index (χ0v) is 23.2. The molecule has 0 aliphatic carbocycles. The second-order valence-electron chi connectivity index (χ2n) is 8.36. The van der Waals surface area contributed by atoms with Crippen LogP contribution in [-0.4, -0.2) is 19.1 Å². The van der Waals surface area contributed by atoms with Crippen molar-refractivity contribution < 1.29 is 14.3 Å². The van der Waals surface area contributed by atoms with Gasteiger partial charge in [-0.2, -0.15) is 5.26 Å². The number of halogens is 1. The normalized spacial score (nSPS) is 10.9. The molecule has 3 aromatic rings. The van der Waals surface area contributed by atoms with Gasteiger partial charge in [0, 0.05) is 15.7 Å². The summed E-state index contributed by atoms with van der Waals surface area (Å²) in [7, 11) is 0. The molecule has 0 bridgehead atoms. The number of carbonyl (C=O) groups is 1. The fourth-order valence-corrected chi connectivity index (χ4v) is 4.15. The van der Waals surface area contributed by atoms with Crippen LogP contribution in [0.4, 0.5) is 0 Å². The number of carbonyl (C=O) groups excluding carboxylic acids is 1. The highest BCUT2D eigenvalue weighted by Crippen LogP contribution is 2.35. The Hall–Kier alpha value is -3.57. The summed E-state index contributed by atoms with van der Waals surface area (Å²) >= 11 is 2.27. The molecule has 1 N–H and O–H groups in total. The van der Waals surface area contributed by atoms with Gasteiger partial charge in [-0.25, -0.2) is 0 Å².